The first-order chi connectivity index (χ1) is 8.47. The molecule has 0 aliphatic heterocycles. The summed E-state index contributed by atoms with van der Waals surface area (Å²) in [6.45, 7) is 3.68. The number of nitrogens with one attached hydrogen (secondary N) is 1. The van der Waals surface area contributed by atoms with Crippen LogP contribution in [0, 0.1) is 0 Å². The van der Waals surface area contributed by atoms with Crippen molar-refractivity contribution in [3.8, 4) is 0 Å². The van der Waals surface area contributed by atoms with E-state index in [9.17, 15) is 9.59 Å². The summed E-state index contributed by atoms with van der Waals surface area (Å²) in [5.41, 5.74) is 1.22. The van der Waals surface area contributed by atoms with Gasteiger partial charge in [0.2, 0.25) is 5.91 Å². The van der Waals surface area contributed by atoms with Gasteiger partial charge in [0.05, 0.1) is 12.5 Å². The fourth-order valence-corrected chi connectivity index (χ4v) is 1.37. The minimum absolute atomic E-state index is 0.00547. The minimum atomic E-state index is -0.901. The first kappa shape index (κ1) is 14.2. The van der Waals surface area contributed by atoms with Gasteiger partial charge in [-0.3, -0.25) is 9.59 Å². The topological polar surface area (TPSA) is 75.6 Å². The second-order valence-corrected chi connectivity index (χ2v) is 4.18. The summed E-state index contributed by atoms with van der Waals surface area (Å²) < 4.78 is 5.16. The lowest BCUT2D eigenvalue weighted by Crippen LogP contribution is -2.20. The fraction of sp³-hybridized carbons (Fsp3) is 0.385. The van der Waals surface area contributed by atoms with E-state index in [4.69, 9.17) is 9.84 Å². The van der Waals surface area contributed by atoms with Crippen molar-refractivity contribution in [2.75, 3.05) is 11.9 Å². The van der Waals surface area contributed by atoms with Crippen LogP contribution in [-0.2, 0) is 20.7 Å². The average Bonchev–Trinajstić information content (AvgIpc) is 2.26. The average molecular weight is 251 g/mol. The van der Waals surface area contributed by atoms with Crippen molar-refractivity contribution in [3.05, 3.63) is 29.8 Å². The number of rotatable bonds is 6. The highest BCUT2D eigenvalue weighted by molar-refractivity contribution is 5.91. The van der Waals surface area contributed by atoms with Crippen LogP contribution < -0.4 is 5.32 Å². The van der Waals surface area contributed by atoms with Crippen molar-refractivity contribution < 1.29 is 19.4 Å². The molecule has 1 rings (SSSR count). The van der Waals surface area contributed by atoms with Crippen LogP contribution in [0.3, 0.4) is 0 Å². The van der Waals surface area contributed by atoms with E-state index in [1.54, 1.807) is 24.3 Å². The van der Waals surface area contributed by atoms with Crippen molar-refractivity contribution in [3.63, 3.8) is 0 Å². The van der Waals surface area contributed by atoms with E-state index in [0.29, 0.717) is 11.3 Å². The Kier molecular flexibility index (Phi) is 5.32. The Labute approximate surface area is 106 Å². The zero-order valence-electron chi connectivity index (χ0n) is 10.5. The molecule has 0 spiro atoms. The summed E-state index contributed by atoms with van der Waals surface area (Å²) in [5, 5.41) is 11.3. The maximum atomic E-state index is 11.5. The molecule has 0 radical (unpaired) electrons. The lowest BCUT2D eigenvalue weighted by molar-refractivity contribution is -0.136. The van der Waals surface area contributed by atoms with Gasteiger partial charge in [-0.2, -0.15) is 0 Å². The predicted molar refractivity (Wildman–Crippen MR) is 67.5 cm³/mol. The Morgan fingerprint density at radius 1 is 1.39 bits per heavy atom. The Morgan fingerprint density at radius 3 is 2.72 bits per heavy atom. The summed E-state index contributed by atoms with van der Waals surface area (Å²) in [4.78, 5) is 22.1. The normalized spacial score (nSPS) is 10.4. The summed E-state index contributed by atoms with van der Waals surface area (Å²) >= 11 is 0. The molecular formula is C13H17NO4. The Hall–Kier alpha value is -1.88. The van der Waals surface area contributed by atoms with E-state index < -0.39 is 5.97 Å². The number of anilines is 1. The van der Waals surface area contributed by atoms with Crippen LogP contribution in [0.25, 0.3) is 0 Å². The lowest BCUT2D eigenvalue weighted by Gasteiger charge is -2.09. The maximum Gasteiger partial charge on any atom is 0.307 e. The van der Waals surface area contributed by atoms with Gasteiger partial charge >= 0.3 is 5.97 Å². The molecule has 0 aliphatic rings. The van der Waals surface area contributed by atoms with Gasteiger partial charge in [-0.25, -0.2) is 0 Å². The molecule has 0 atom stereocenters. The van der Waals surface area contributed by atoms with Gasteiger partial charge in [0.25, 0.3) is 0 Å². The second kappa shape index (κ2) is 6.76. The van der Waals surface area contributed by atoms with E-state index in [1.807, 2.05) is 13.8 Å². The molecule has 18 heavy (non-hydrogen) atoms. The number of carbonyl (C=O) groups excluding carboxylic acids is 1. The van der Waals surface area contributed by atoms with Gasteiger partial charge in [0.15, 0.2) is 0 Å². The van der Waals surface area contributed by atoms with Crippen LogP contribution in [0.2, 0.25) is 0 Å². The van der Waals surface area contributed by atoms with E-state index >= 15 is 0 Å². The summed E-state index contributed by atoms with van der Waals surface area (Å²) in [7, 11) is 0. The highest BCUT2D eigenvalue weighted by Crippen LogP contribution is 2.11. The van der Waals surface area contributed by atoms with Gasteiger partial charge < -0.3 is 15.2 Å². The number of amides is 1. The SMILES string of the molecule is CC(C)OCC(=O)Nc1cccc(CC(=O)O)c1. The number of hydrogen-bond donors (Lipinski definition) is 2. The van der Waals surface area contributed by atoms with Crippen molar-refractivity contribution in [1.82, 2.24) is 0 Å². The Balaban J connectivity index is 2.56. The number of benzene rings is 1. The van der Waals surface area contributed by atoms with Crippen LogP contribution >= 0.6 is 0 Å². The van der Waals surface area contributed by atoms with Crippen molar-refractivity contribution in [2.24, 2.45) is 0 Å². The smallest absolute Gasteiger partial charge is 0.307 e. The molecule has 5 nitrogen and oxygen atoms in total. The second-order valence-electron chi connectivity index (χ2n) is 4.18. The Morgan fingerprint density at radius 2 is 2.11 bits per heavy atom. The number of hydrogen-bond acceptors (Lipinski definition) is 3. The summed E-state index contributed by atoms with van der Waals surface area (Å²) in [6.07, 6.45) is -0.0688. The molecular weight excluding hydrogens is 234 g/mol. The van der Waals surface area contributed by atoms with E-state index in [-0.39, 0.29) is 25.0 Å². The molecule has 98 valence electrons. The van der Waals surface area contributed by atoms with Gasteiger partial charge in [0, 0.05) is 5.69 Å². The monoisotopic (exact) mass is 251 g/mol. The van der Waals surface area contributed by atoms with Crippen LogP contribution in [0.4, 0.5) is 5.69 Å². The molecule has 1 amide bonds. The third-order valence-corrected chi connectivity index (χ3v) is 2.11. The molecule has 0 aliphatic carbocycles. The van der Waals surface area contributed by atoms with E-state index in [2.05, 4.69) is 5.32 Å². The van der Waals surface area contributed by atoms with Crippen LogP contribution in [0.1, 0.15) is 19.4 Å². The van der Waals surface area contributed by atoms with Crippen molar-refractivity contribution >= 4 is 17.6 Å². The van der Waals surface area contributed by atoms with Crippen molar-refractivity contribution in [2.45, 2.75) is 26.4 Å². The molecule has 0 heterocycles. The number of ether oxygens (including phenoxy) is 1. The molecule has 0 saturated carbocycles. The van der Waals surface area contributed by atoms with Gasteiger partial charge in [0.1, 0.15) is 6.61 Å². The fourth-order valence-electron chi connectivity index (χ4n) is 1.37. The molecule has 1 aromatic rings. The van der Waals surface area contributed by atoms with E-state index in [1.165, 1.54) is 0 Å². The zero-order valence-corrected chi connectivity index (χ0v) is 10.5. The zero-order chi connectivity index (χ0) is 13.5. The van der Waals surface area contributed by atoms with Crippen LogP contribution in [-0.4, -0.2) is 29.7 Å². The molecule has 1 aromatic carbocycles. The highest BCUT2D eigenvalue weighted by atomic mass is 16.5. The molecule has 5 heteroatoms. The number of aliphatic carboxylic acids is 1. The van der Waals surface area contributed by atoms with Crippen LogP contribution in [0.15, 0.2) is 24.3 Å². The lowest BCUT2D eigenvalue weighted by atomic mass is 10.1. The third-order valence-electron chi connectivity index (χ3n) is 2.11. The quantitative estimate of drug-likeness (QED) is 0.806. The minimum Gasteiger partial charge on any atom is -0.481 e. The Bertz CT molecular complexity index is 429. The van der Waals surface area contributed by atoms with Gasteiger partial charge in [-0.05, 0) is 31.5 Å². The maximum absolute atomic E-state index is 11.5. The number of carboxylic acids is 1. The molecule has 0 fully saturated rings. The van der Waals surface area contributed by atoms with Crippen LogP contribution in [0.5, 0.6) is 0 Å². The largest absolute Gasteiger partial charge is 0.481 e. The molecule has 2 N–H and O–H groups in total. The van der Waals surface area contributed by atoms with Crippen molar-refractivity contribution in [1.29, 1.82) is 0 Å². The molecule has 0 unspecified atom stereocenters. The highest BCUT2D eigenvalue weighted by Gasteiger charge is 2.06. The van der Waals surface area contributed by atoms with Gasteiger partial charge in [-0.1, -0.05) is 12.1 Å². The number of carboxylic acid groups (broad SMARTS) is 1. The predicted octanol–water partition coefficient (Wildman–Crippen LogP) is 1.68. The van der Waals surface area contributed by atoms with Gasteiger partial charge in [-0.15, -0.1) is 0 Å². The molecule has 0 aromatic heterocycles. The summed E-state index contributed by atoms with van der Waals surface area (Å²) in [5.74, 6) is -1.15. The third kappa shape index (κ3) is 5.45. The summed E-state index contributed by atoms with van der Waals surface area (Å²) in [6, 6.07) is 6.76. The first-order valence-electron chi connectivity index (χ1n) is 5.69. The number of carbonyl (C=O) groups is 2. The molecule has 0 bridgehead atoms. The molecule has 0 saturated heterocycles. The standard InChI is InChI=1S/C13H17NO4/c1-9(2)18-8-12(15)14-11-5-3-4-10(6-11)7-13(16)17/h3-6,9H,7-8H2,1-2H3,(H,14,15)(H,16,17). The van der Waals surface area contributed by atoms with E-state index in [0.717, 1.165) is 0 Å². The first-order valence-corrected chi connectivity index (χ1v) is 5.69.